The molecule has 50 valence electrons. The lowest BCUT2D eigenvalue weighted by atomic mass is 10.2. The molecule has 0 aromatic rings. The lowest BCUT2D eigenvalue weighted by molar-refractivity contribution is 0.260. The SMILES string of the molecule is CNCCC(N)CO. The molecule has 3 heteroatoms. The van der Waals surface area contributed by atoms with E-state index in [9.17, 15) is 0 Å². The fourth-order valence-corrected chi connectivity index (χ4v) is 0.421. The number of hydrogen-bond donors (Lipinski definition) is 3. The van der Waals surface area contributed by atoms with E-state index in [1.807, 2.05) is 7.05 Å². The van der Waals surface area contributed by atoms with E-state index in [4.69, 9.17) is 10.8 Å². The van der Waals surface area contributed by atoms with Gasteiger partial charge in [-0.3, -0.25) is 0 Å². The lowest BCUT2D eigenvalue weighted by Gasteiger charge is -2.04. The van der Waals surface area contributed by atoms with Crippen LogP contribution in [0.4, 0.5) is 0 Å². The smallest absolute Gasteiger partial charge is 0.0583 e. The third kappa shape index (κ3) is 4.05. The first kappa shape index (κ1) is 7.88. The standard InChI is InChI=1S/C5H14N2O/c1-7-3-2-5(6)4-8/h5,7-8H,2-4,6H2,1H3. The van der Waals surface area contributed by atoms with Crippen LogP contribution in [0.25, 0.3) is 0 Å². The van der Waals surface area contributed by atoms with Gasteiger partial charge in [-0.15, -0.1) is 0 Å². The van der Waals surface area contributed by atoms with E-state index in [0.717, 1.165) is 13.0 Å². The van der Waals surface area contributed by atoms with Crippen LogP contribution in [0.5, 0.6) is 0 Å². The van der Waals surface area contributed by atoms with Crippen molar-refractivity contribution in [3.8, 4) is 0 Å². The number of rotatable bonds is 4. The van der Waals surface area contributed by atoms with Gasteiger partial charge in [-0.05, 0) is 20.0 Å². The van der Waals surface area contributed by atoms with Crippen LogP contribution in [0.1, 0.15) is 6.42 Å². The molecule has 0 heterocycles. The highest BCUT2D eigenvalue weighted by Crippen LogP contribution is 1.81. The van der Waals surface area contributed by atoms with Gasteiger partial charge in [0.15, 0.2) is 0 Å². The van der Waals surface area contributed by atoms with Crippen LogP contribution in [0.2, 0.25) is 0 Å². The van der Waals surface area contributed by atoms with Crippen LogP contribution in [0.3, 0.4) is 0 Å². The highest BCUT2D eigenvalue weighted by atomic mass is 16.3. The zero-order valence-corrected chi connectivity index (χ0v) is 5.22. The van der Waals surface area contributed by atoms with E-state index < -0.39 is 0 Å². The average molecular weight is 118 g/mol. The Morgan fingerprint density at radius 1 is 1.75 bits per heavy atom. The molecule has 1 unspecified atom stereocenters. The third-order valence-electron chi connectivity index (χ3n) is 1.000. The summed E-state index contributed by atoms with van der Waals surface area (Å²) in [5.74, 6) is 0. The van der Waals surface area contributed by atoms with E-state index >= 15 is 0 Å². The molecule has 8 heavy (non-hydrogen) atoms. The Kier molecular flexibility index (Phi) is 4.95. The first-order chi connectivity index (χ1) is 3.81. The van der Waals surface area contributed by atoms with Gasteiger partial charge >= 0.3 is 0 Å². The van der Waals surface area contributed by atoms with Crippen LogP contribution in [0.15, 0.2) is 0 Å². The molecule has 0 saturated carbocycles. The molecule has 0 aromatic heterocycles. The number of nitrogens with two attached hydrogens (primary N) is 1. The zero-order chi connectivity index (χ0) is 6.41. The maximum atomic E-state index is 8.41. The number of hydrogen-bond acceptors (Lipinski definition) is 3. The molecule has 0 aliphatic rings. The third-order valence-corrected chi connectivity index (χ3v) is 1.000. The Balaban J connectivity index is 2.86. The summed E-state index contributed by atoms with van der Waals surface area (Å²) in [7, 11) is 1.87. The molecular weight excluding hydrogens is 104 g/mol. The van der Waals surface area contributed by atoms with Gasteiger partial charge in [-0.2, -0.15) is 0 Å². The van der Waals surface area contributed by atoms with Crippen LogP contribution in [0, 0.1) is 0 Å². The predicted molar refractivity (Wildman–Crippen MR) is 33.6 cm³/mol. The number of aliphatic hydroxyl groups is 1. The largest absolute Gasteiger partial charge is 0.395 e. The molecule has 1 atom stereocenters. The first-order valence-corrected chi connectivity index (χ1v) is 2.82. The van der Waals surface area contributed by atoms with Gasteiger partial charge in [-0.25, -0.2) is 0 Å². The zero-order valence-electron chi connectivity index (χ0n) is 5.22. The summed E-state index contributed by atoms with van der Waals surface area (Å²) in [6, 6.07) is -0.0533. The molecule has 0 rings (SSSR count). The van der Waals surface area contributed by atoms with Crippen LogP contribution < -0.4 is 11.1 Å². The van der Waals surface area contributed by atoms with Gasteiger partial charge < -0.3 is 16.2 Å². The first-order valence-electron chi connectivity index (χ1n) is 2.82. The van der Waals surface area contributed by atoms with E-state index in [-0.39, 0.29) is 12.6 Å². The Hall–Kier alpha value is -0.120. The van der Waals surface area contributed by atoms with E-state index in [1.165, 1.54) is 0 Å². The van der Waals surface area contributed by atoms with Crippen molar-refractivity contribution in [2.24, 2.45) is 5.73 Å². The van der Waals surface area contributed by atoms with Crippen molar-refractivity contribution in [2.75, 3.05) is 20.2 Å². The lowest BCUT2D eigenvalue weighted by Crippen LogP contribution is -2.28. The summed E-state index contributed by atoms with van der Waals surface area (Å²) in [6.07, 6.45) is 0.840. The fraction of sp³-hybridized carbons (Fsp3) is 1.00. The second-order valence-electron chi connectivity index (χ2n) is 1.83. The molecule has 0 spiro atoms. The Labute approximate surface area is 49.9 Å². The topological polar surface area (TPSA) is 58.3 Å². The maximum Gasteiger partial charge on any atom is 0.0583 e. The van der Waals surface area contributed by atoms with Gasteiger partial charge in [0.2, 0.25) is 0 Å². The van der Waals surface area contributed by atoms with Crippen molar-refractivity contribution in [3.63, 3.8) is 0 Å². The van der Waals surface area contributed by atoms with Gasteiger partial charge in [0.1, 0.15) is 0 Å². The normalized spacial score (nSPS) is 13.9. The van der Waals surface area contributed by atoms with Crippen molar-refractivity contribution in [1.82, 2.24) is 5.32 Å². The van der Waals surface area contributed by atoms with Gasteiger partial charge in [0.25, 0.3) is 0 Å². The molecular formula is C5H14N2O. The molecule has 0 radical (unpaired) electrons. The van der Waals surface area contributed by atoms with Crippen molar-refractivity contribution >= 4 is 0 Å². The highest BCUT2D eigenvalue weighted by Gasteiger charge is 1.95. The van der Waals surface area contributed by atoms with Crippen molar-refractivity contribution in [1.29, 1.82) is 0 Å². The van der Waals surface area contributed by atoms with Gasteiger partial charge in [-0.1, -0.05) is 0 Å². The minimum Gasteiger partial charge on any atom is -0.395 e. The quantitative estimate of drug-likeness (QED) is 0.440. The summed E-state index contributed by atoms with van der Waals surface area (Å²) >= 11 is 0. The summed E-state index contributed by atoms with van der Waals surface area (Å²) in [5, 5.41) is 11.4. The minimum atomic E-state index is -0.0533. The van der Waals surface area contributed by atoms with Crippen LogP contribution in [-0.2, 0) is 0 Å². The van der Waals surface area contributed by atoms with Gasteiger partial charge in [0.05, 0.1) is 6.61 Å². The molecule has 0 aromatic carbocycles. The number of aliphatic hydroxyl groups excluding tert-OH is 1. The summed E-state index contributed by atoms with van der Waals surface area (Å²) in [6.45, 7) is 0.962. The summed E-state index contributed by atoms with van der Waals surface area (Å²) in [4.78, 5) is 0. The van der Waals surface area contributed by atoms with Crippen LogP contribution in [-0.4, -0.2) is 31.3 Å². The summed E-state index contributed by atoms with van der Waals surface area (Å²) < 4.78 is 0. The molecule has 0 saturated heterocycles. The second-order valence-corrected chi connectivity index (χ2v) is 1.83. The molecule has 0 amide bonds. The Morgan fingerprint density at radius 2 is 2.38 bits per heavy atom. The molecule has 3 nitrogen and oxygen atoms in total. The Morgan fingerprint density at radius 3 is 2.75 bits per heavy atom. The maximum absolute atomic E-state index is 8.41. The average Bonchev–Trinajstić information content (AvgIpc) is 1.83. The molecule has 0 fully saturated rings. The Bertz CT molecular complexity index is 49.7. The van der Waals surface area contributed by atoms with Crippen molar-refractivity contribution in [3.05, 3.63) is 0 Å². The fourth-order valence-electron chi connectivity index (χ4n) is 0.421. The van der Waals surface area contributed by atoms with E-state index in [0.29, 0.717) is 0 Å². The van der Waals surface area contributed by atoms with Crippen LogP contribution >= 0.6 is 0 Å². The van der Waals surface area contributed by atoms with E-state index in [2.05, 4.69) is 5.32 Å². The van der Waals surface area contributed by atoms with E-state index in [1.54, 1.807) is 0 Å². The van der Waals surface area contributed by atoms with Crippen molar-refractivity contribution in [2.45, 2.75) is 12.5 Å². The number of nitrogens with one attached hydrogen (secondary N) is 1. The van der Waals surface area contributed by atoms with Gasteiger partial charge in [0, 0.05) is 6.04 Å². The molecule has 0 aliphatic heterocycles. The molecule has 4 N–H and O–H groups in total. The highest BCUT2D eigenvalue weighted by molar-refractivity contribution is 4.58. The van der Waals surface area contributed by atoms with Crippen molar-refractivity contribution < 1.29 is 5.11 Å². The monoisotopic (exact) mass is 118 g/mol. The summed E-state index contributed by atoms with van der Waals surface area (Å²) in [5.41, 5.74) is 5.37. The molecule has 0 aliphatic carbocycles. The minimum absolute atomic E-state index is 0.0533. The predicted octanol–water partition coefficient (Wildman–Crippen LogP) is -1.08. The molecule has 0 bridgehead atoms. The second kappa shape index (κ2) is 5.03.